The van der Waals surface area contributed by atoms with Crippen LogP contribution in [0.15, 0.2) is 24.3 Å². The van der Waals surface area contributed by atoms with Crippen molar-refractivity contribution >= 4 is 12.4 Å². The van der Waals surface area contributed by atoms with Gasteiger partial charge in [0.05, 0.1) is 7.11 Å². The van der Waals surface area contributed by atoms with Gasteiger partial charge in [-0.3, -0.25) is 0 Å². The van der Waals surface area contributed by atoms with Crippen molar-refractivity contribution in [3.05, 3.63) is 29.8 Å². The summed E-state index contributed by atoms with van der Waals surface area (Å²) in [4.78, 5) is 0. The second-order valence-corrected chi connectivity index (χ2v) is 4.38. The van der Waals surface area contributed by atoms with Crippen molar-refractivity contribution in [2.75, 3.05) is 7.11 Å². The van der Waals surface area contributed by atoms with Gasteiger partial charge in [0.15, 0.2) is 0 Å². The quantitative estimate of drug-likeness (QED) is 0.864. The SMILES string of the molecule is COc1ccc(C2CCC(N)CC2)cc1.Cl. The van der Waals surface area contributed by atoms with Crippen LogP contribution in [0.1, 0.15) is 37.2 Å². The highest BCUT2D eigenvalue weighted by Crippen LogP contribution is 2.32. The maximum absolute atomic E-state index is 5.90. The predicted molar refractivity (Wildman–Crippen MR) is 69.4 cm³/mol. The lowest BCUT2D eigenvalue weighted by Gasteiger charge is -2.26. The molecule has 0 aliphatic heterocycles. The van der Waals surface area contributed by atoms with E-state index in [0.717, 1.165) is 18.6 Å². The molecule has 0 unspecified atom stereocenters. The van der Waals surface area contributed by atoms with Crippen molar-refractivity contribution in [1.29, 1.82) is 0 Å². The summed E-state index contributed by atoms with van der Waals surface area (Å²) in [5, 5.41) is 0. The Morgan fingerprint density at radius 1 is 1.06 bits per heavy atom. The van der Waals surface area contributed by atoms with Gasteiger partial charge in [-0.2, -0.15) is 0 Å². The van der Waals surface area contributed by atoms with Gasteiger partial charge in [-0.1, -0.05) is 12.1 Å². The number of ether oxygens (including phenoxy) is 1. The molecule has 3 heteroatoms. The second kappa shape index (κ2) is 6.12. The molecule has 0 aromatic heterocycles. The first-order valence-corrected chi connectivity index (χ1v) is 5.69. The van der Waals surface area contributed by atoms with Crippen LogP contribution in [-0.2, 0) is 0 Å². The number of nitrogens with two attached hydrogens (primary N) is 1. The maximum atomic E-state index is 5.90. The van der Waals surface area contributed by atoms with Gasteiger partial charge in [0.1, 0.15) is 5.75 Å². The lowest BCUT2D eigenvalue weighted by molar-refractivity contribution is 0.394. The number of methoxy groups -OCH3 is 1. The zero-order valence-corrected chi connectivity index (χ0v) is 10.5. The molecule has 90 valence electrons. The predicted octanol–water partition coefficient (Wildman–Crippen LogP) is 3.10. The van der Waals surface area contributed by atoms with E-state index in [0.29, 0.717) is 12.0 Å². The Bertz CT molecular complexity index is 304. The molecule has 0 spiro atoms. The maximum Gasteiger partial charge on any atom is 0.118 e. The van der Waals surface area contributed by atoms with Crippen LogP contribution in [0.25, 0.3) is 0 Å². The summed E-state index contributed by atoms with van der Waals surface area (Å²) < 4.78 is 5.15. The Morgan fingerprint density at radius 2 is 1.62 bits per heavy atom. The van der Waals surface area contributed by atoms with Gasteiger partial charge in [-0.25, -0.2) is 0 Å². The van der Waals surface area contributed by atoms with Gasteiger partial charge in [0.25, 0.3) is 0 Å². The number of rotatable bonds is 2. The summed E-state index contributed by atoms with van der Waals surface area (Å²) in [6.45, 7) is 0. The average molecular weight is 242 g/mol. The fourth-order valence-electron chi connectivity index (χ4n) is 2.33. The van der Waals surface area contributed by atoms with Crippen LogP contribution in [0, 0.1) is 0 Å². The molecule has 1 saturated carbocycles. The molecule has 0 amide bonds. The summed E-state index contributed by atoms with van der Waals surface area (Å²) in [5.41, 5.74) is 7.33. The Labute approximate surface area is 104 Å². The molecule has 1 aliphatic carbocycles. The van der Waals surface area contributed by atoms with Crippen molar-refractivity contribution in [3.63, 3.8) is 0 Å². The minimum Gasteiger partial charge on any atom is -0.497 e. The van der Waals surface area contributed by atoms with Crippen molar-refractivity contribution in [1.82, 2.24) is 0 Å². The number of benzene rings is 1. The summed E-state index contributed by atoms with van der Waals surface area (Å²) >= 11 is 0. The first-order chi connectivity index (χ1) is 7.29. The molecule has 0 bridgehead atoms. The average Bonchev–Trinajstić information content (AvgIpc) is 2.30. The van der Waals surface area contributed by atoms with E-state index in [1.165, 1.54) is 18.4 Å². The smallest absolute Gasteiger partial charge is 0.118 e. The third kappa shape index (κ3) is 3.13. The lowest BCUT2D eigenvalue weighted by atomic mass is 9.82. The third-order valence-electron chi connectivity index (χ3n) is 3.36. The Balaban J connectivity index is 0.00000128. The van der Waals surface area contributed by atoms with Gasteiger partial charge < -0.3 is 10.5 Å². The molecule has 2 rings (SSSR count). The molecule has 1 aliphatic rings. The van der Waals surface area contributed by atoms with Crippen molar-refractivity contribution < 1.29 is 4.74 Å². The van der Waals surface area contributed by atoms with Crippen LogP contribution < -0.4 is 10.5 Å². The van der Waals surface area contributed by atoms with E-state index in [1.54, 1.807) is 7.11 Å². The molecule has 0 atom stereocenters. The topological polar surface area (TPSA) is 35.2 Å². The summed E-state index contributed by atoms with van der Waals surface area (Å²) in [6, 6.07) is 8.88. The fourth-order valence-corrected chi connectivity index (χ4v) is 2.33. The van der Waals surface area contributed by atoms with Gasteiger partial charge in [0, 0.05) is 6.04 Å². The van der Waals surface area contributed by atoms with E-state index in [4.69, 9.17) is 10.5 Å². The van der Waals surface area contributed by atoms with Crippen molar-refractivity contribution in [3.8, 4) is 5.75 Å². The highest BCUT2D eigenvalue weighted by Gasteiger charge is 2.19. The molecule has 1 fully saturated rings. The Morgan fingerprint density at radius 3 is 2.12 bits per heavy atom. The normalized spacial score (nSPS) is 24.6. The molecule has 2 nitrogen and oxygen atoms in total. The third-order valence-corrected chi connectivity index (χ3v) is 3.36. The lowest BCUT2D eigenvalue weighted by Crippen LogP contribution is -2.25. The van der Waals surface area contributed by atoms with E-state index in [1.807, 2.05) is 12.1 Å². The van der Waals surface area contributed by atoms with Crippen LogP contribution in [0.5, 0.6) is 5.75 Å². The van der Waals surface area contributed by atoms with Gasteiger partial charge in [0.2, 0.25) is 0 Å². The molecule has 16 heavy (non-hydrogen) atoms. The van der Waals surface area contributed by atoms with Gasteiger partial charge in [-0.05, 0) is 49.3 Å². The summed E-state index contributed by atoms with van der Waals surface area (Å²) in [6.07, 6.45) is 4.79. The highest BCUT2D eigenvalue weighted by molar-refractivity contribution is 5.85. The zero-order chi connectivity index (χ0) is 10.7. The van der Waals surface area contributed by atoms with Gasteiger partial charge in [-0.15, -0.1) is 12.4 Å². The van der Waals surface area contributed by atoms with Crippen LogP contribution >= 0.6 is 12.4 Å². The van der Waals surface area contributed by atoms with Crippen LogP contribution in [-0.4, -0.2) is 13.2 Å². The van der Waals surface area contributed by atoms with Crippen LogP contribution in [0.3, 0.4) is 0 Å². The van der Waals surface area contributed by atoms with Crippen LogP contribution in [0.2, 0.25) is 0 Å². The minimum atomic E-state index is 0. The Hall–Kier alpha value is -0.730. The first-order valence-electron chi connectivity index (χ1n) is 5.69. The van der Waals surface area contributed by atoms with Crippen molar-refractivity contribution in [2.45, 2.75) is 37.6 Å². The van der Waals surface area contributed by atoms with E-state index >= 15 is 0 Å². The fraction of sp³-hybridized carbons (Fsp3) is 0.538. The number of halogens is 1. The molecular weight excluding hydrogens is 222 g/mol. The largest absolute Gasteiger partial charge is 0.497 e. The van der Waals surface area contributed by atoms with E-state index < -0.39 is 0 Å². The molecule has 2 N–H and O–H groups in total. The number of hydrogen-bond acceptors (Lipinski definition) is 2. The zero-order valence-electron chi connectivity index (χ0n) is 9.69. The molecule has 0 heterocycles. The minimum absolute atomic E-state index is 0. The molecule has 0 saturated heterocycles. The molecule has 1 aromatic carbocycles. The standard InChI is InChI=1S/C13H19NO.ClH/c1-15-13-8-4-11(5-9-13)10-2-6-12(14)7-3-10;/h4-5,8-10,12H,2-3,6-7,14H2,1H3;1H. The molecular formula is C13H20ClNO. The summed E-state index contributed by atoms with van der Waals surface area (Å²) in [5.74, 6) is 1.64. The highest BCUT2D eigenvalue weighted by atomic mass is 35.5. The molecule has 1 aromatic rings. The second-order valence-electron chi connectivity index (χ2n) is 4.38. The van der Waals surface area contributed by atoms with E-state index in [2.05, 4.69) is 12.1 Å². The van der Waals surface area contributed by atoms with E-state index in [-0.39, 0.29) is 12.4 Å². The Kier molecular flexibility index (Phi) is 5.10. The van der Waals surface area contributed by atoms with Gasteiger partial charge >= 0.3 is 0 Å². The molecule has 0 radical (unpaired) electrons. The van der Waals surface area contributed by atoms with Crippen LogP contribution in [0.4, 0.5) is 0 Å². The van der Waals surface area contributed by atoms with Crippen molar-refractivity contribution in [2.24, 2.45) is 5.73 Å². The first kappa shape index (κ1) is 13.3. The van der Waals surface area contributed by atoms with E-state index in [9.17, 15) is 0 Å². The number of hydrogen-bond donors (Lipinski definition) is 1. The summed E-state index contributed by atoms with van der Waals surface area (Å²) in [7, 11) is 1.70. The monoisotopic (exact) mass is 241 g/mol.